The monoisotopic (exact) mass is 336 g/mol. The standard InChI is InChI=1S/C17H30N4O.C2H6/c1-5-7-16(19-13-14(3)4)20-8-10-21(11-9-20)17(22)12-15(18)6-2;1-2/h7,13,15H,3,5-6,8-12,18H2,1-2,4H3;1-2H3/b16-7-,19-13-;/t15-;/m1./s1. The summed E-state index contributed by atoms with van der Waals surface area (Å²) >= 11 is 0. The molecule has 2 N–H and O–H groups in total. The molecule has 1 saturated heterocycles. The topological polar surface area (TPSA) is 61.9 Å². The maximum atomic E-state index is 12.2. The Hall–Kier alpha value is -1.62. The minimum Gasteiger partial charge on any atom is -0.353 e. The van der Waals surface area contributed by atoms with Gasteiger partial charge in [-0.3, -0.25) is 4.79 Å². The van der Waals surface area contributed by atoms with E-state index in [2.05, 4.69) is 29.5 Å². The normalized spacial score (nSPS) is 16.7. The van der Waals surface area contributed by atoms with E-state index < -0.39 is 0 Å². The first-order valence-corrected chi connectivity index (χ1v) is 9.15. The lowest BCUT2D eigenvalue weighted by atomic mass is 10.1. The molecule has 0 bridgehead atoms. The SMILES string of the molecule is C=C(C)/C=N\C(=C\CC)N1CCN(C(=O)C[C@H](N)CC)CC1.CC. The average molecular weight is 337 g/mol. The lowest BCUT2D eigenvalue weighted by molar-refractivity contribution is -0.133. The highest BCUT2D eigenvalue weighted by Gasteiger charge is 2.22. The highest BCUT2D eigenvalue weighted by molar-refractivity contribution is 5.77. The van der Waals surface area contributed by atoms with Gasteiger partial charge >= 0.3 is 0 Å². The number of piperazine rings is 1. The number of hydrogen-bond donors (Lipinski definition) is 1. The lowest BCUT2D eigenvalue weighted by Crippen LogP contribution is -2.49. The molecule has 1 rings (SSSR count). The fourth-order valence-corrected chi connectivity index (χ4v) is 2.31. The number of amides is 1. The van der Waals surface area contributed by atoms with E-state index in [0.29, 0.717) is 6.42 Å². The minimum atomic E-state index is -0.0266. The third kappa shape index (κ3) is 8.29. The summed E-state index contributed by atoms with van der Waals surface area (Å²) in [5.41, 5.74) is 6.80. The lowest BCUT2D eigenvalue weighted by Gasteiger charge is -2.36. The molecule has 0 unspecified atom stereocenters. The van der Waals surface area contributed by atoms with Crippen molar-refractivity contribution in [1.29, 1.82) is 0 Å². The summed E-state index contributed by atoms with van der Waals surface area (Å²) in [7, 11) is 0. The van der Waals surface area contributed by atoms with E-state index in [1.54, 1.807) is 6.21 Å². The van der Waals surface area contributed by atoms with E-state index in [9.17, 15) is 4.79 Å². The van der Waals surface area contributed by atoms with Crippen molar-refractivity contribution in [2.75, 3.05) is 26.2 Å². The van der Waals surface area contributed by atoms with Gasteiger partial charge < -0.3 is 15.5 Å². The van der Waals surface area contributed by atoms with Crippen LogP contribution in [0.15, 0.2) is 29.0 Å². The van der Waals surface area contributed by atoms with Crippen LogP contribution in [-0.4, -0.2) is 54.1 Å². The molecule has 5 heteroatoms. The van der Waals surface area contributed by atoms with Gasteiger partial charge in [-0.2, -0.15) is 0 Å². The molecular weight excluding hydrogens is 300 g/mol. The second-order valence-electron chi connectivity index (χ2n) is 5.82. The second-order valence-corrected chi connectivity index (χ2v) is 5.82. The summed E-state index contributed by atoms with van der Waals surface area (Å²) in [6, 6.07) is -0.0266. The zero-order valence-electron chi connectivity index (χ0n) is 16.2. The molecule has 0 aromatic carbocycles. The summed E-state index contributed by atoms with van der Waals surface area (Å²) in [4.78, 5) is 20.8. The molecule has 0 saturated carbocycles. The van der Waals surface area contributed by atoms with Gasteiger partial charge in [0.25, 0.3) is 0 Å². The molecular formula is C19H36N4O. The number of carbonyl (C=O) groups excluding carboxylic acids is 1. The van der Waals surface area contributed by atoms with Gasteiger partial charge in [0, 0.05) is 44.9 Å². The summed E-state index contributed by atoms with van der Waals surface area (Å²) < 4.78 is 0. The Labute approximate surface area is 148 Å². The Balaban J connectivity index is 0.00000254. The van der Waals surface area contributed by atoms with Gasteiger partial charge in [-0.05, 0) is 31.4 Å². The number of carbonyl (C=O) groups is 1. The number of allylic oxidation sites excluding steroid dienone is 2. The number of hydrogen-bond acceptors (Lipinski definition) is 4. The molecule has 0 spiro atoms. The summed E-state index contributed by atoms with van der Waals surface area (Å²) in [5.74, 6) is 1.14. The van der Waals surface area contributed by atoms with Gasteiger partial charge in [-0.15, -0.1) is 0 Å². The Morgan fingerprint density at radius 3 is 2.21 bits per heavy atom. The highest BCUT2D eigenvalue weighted by Crippen LogP contribution is 2.13. The molecule has 1 fully saturated rings. The molecule has 1 aliphatic heterocycles. The average Bonchev–Trinajstić information content (AvgIpc) is 2.60. The minimum absolute atomic E-state index is 0.0266. The quantitative estimate of drug-likeness (QED) is 0.726. The maximum Gasteiger partial charge on any atom is 0.224 e. The van der Waals surface area contributed by atoms with Crippen LogP contribution in [-0.2, 0) is 4.79 Å². The van der Waals surface area contributed by atoms with Crippen molar-refractivity contribution in [3.8, 4) is 0 Å². The third-order valence-electron chi connectivity index (χ3n) is 3.72. The van der Waals surface area contributed by atoms with Crippen LogP contribution < -0.4 is 5.73 Å². The summed E-state index contributed by atoms with van der Waals surface area (Å²) in [6.45, 7) is 17.0. The second kappa shape index (κ2) is 12.8. The predicted molar refractivity (Wildman–Crippen MR) is 104 cm³/mol. The number of nitrogens with zero attached hydrogens (tertiary/aromatic N) is 3. The number of aliphatic imine (C=N–C) groups is 1. The van der Waals surface area contributed by atoms with Crippen LogP contribution in [0.3, 0.4) is 0 Å². The van der Waals surface area contributed by atoms with Gasteiger partial charge in [-0.1, -0.05) is 34.3 Å². The third-order valence-corrected chi connectivity index (χ3v) is 3.72. The number of rotatable bonds is 7. The van der Waals surface area contributed by atoms with Gasteiger partial charge in [-0.25, -0.2) is 4.99 Å². The zero-order chi connectivity index (χ0) is 18.5. The zero-order valence-corrected chi connectivity index (χ0v) is 16.2. The van der Waals surface area contributed by atoms with Crippen molar-refractivity contribution >= 4 is 12.1 Å². The molecule has 0 aromatic rings. The van der Waals surface area contributed by atoms with E-state index in [-0.39, 0.29) is 11.9 Å². The largest absolute Gasteiger partial charge is 0.353 e. The van der Waals surface area contributed by atoms with E-state index in [0.717, 1.165) is 50.4 Å². The van der Waals surface area contributed by atoms with E-state index in [4.69, 9.17) is 5.73 Å². The van der Waals surface area contributed by atoms with Crippen molar-refractivity contribution < 1.29 is 4.79 Å². The molecule has 0 aromatic heterocycles. The van der Waals surface area contributed by atoms with Gasteiger partial charge in [0.15, 0.2) is 0 Å². The molecule has 1 aliphatic rings. The van der Waals surface area contributed by atoms with Gasteiger partial charge in [0.2, 0.25) is 5.91 Å². The first kappa shape index (κ1) is 22.4. The van der Waals surface area contributed by atoms with Crippen molar-refractivity contribution in [2.24, 2.45) is 10.7 Å². The molecule has 1 heterocycles. The van der Waals surface area contributed by atoms with Crippen LogP contribution in [0, 0.1) is 0 Å². The number of nitrogens with two attached hydrogens (primary N) is 1. The van der Waals surface area contributed by atoms with Crippen molar-refractivity contribution in [1.82, 2.24) is 9.80 Å². The summed E-state index contributed by atoms with van der Waals surface area (Å²) in [6.07, 6.45) is 6.13. The first-order chi connectivity index (χ1) is 11.5. The fourth-order valence-electron chi connectivity index (χ4n) is 2.31. The Morgan fingerprint density at radius 1 is 1.21 bits per heavy atom. The highest BCUT2D eigenvalue weighted by atomic mass is 16.2. The van der Waals surface area contributed by atoms with E-state index in [1.807, 2.05) is 32.6 Å². The predicted octanol–water partition coefficient (Wildman–Crippen LogP) is 3.18. The molecule has 5 nitrogen and oxygen atoms in total. The van der Waals surface area contributed by atoms with Crippen LogP contribution in [0.5, 0.6) is 0 Å². The summed E-state index contributed by atoms with van der Waals surface area (Å²) in [5, 5.41) is 0. The molecule has 138 valence electrons. The van der Waals surface area contributed by atoms with Crippen LogP contribution in [0.1, 0.15) is 53.9 Å². The molecule has 0 aliphatic carbocycles. The Morgan fingerprint density at radius 2 is 1.75 bits per heavy atom. The Bertz CT molecular complexity index is 435. The van der Waals surface area contributed by atoms with Crippen LogP contribution in [0.25, 0.3) is 0 Å². The smallest absolute Gasteiger partial charge is 0.224 e. The van der Waals surface area contributed by atoms with Gasteiger partial charge in [0.1, 0.15) is 5.82 Å². The van der Waals surface area contributed by atoms with Crippen LogP contribution in [0.4, 0.5) is 0 Å². The van der Waals surface area contributed by atoms with Crippen molar-refractivity contribution in [3.05, 3.63) is 24.0 Å². The maximum absolute atomic E-state index is 12.2. The van der Waals surface area contributed by atoms with Crippen molar-refractivity contribution in [2.45, 2.75) is 59.9 Å². The molecule has 1 atom stereocenters. The van der Waals surface area contributed by atoms with Crippen LogP contribution in [0.2, 0.25) is 0 Å². The van der Waals surface area contributed by atoms with Gasteiger partial charge in [0.05, 0.1) is 0 Å². The van der Waals surface area contributed by atoms with Crippen molar-refractivity contribution in [3.63, 3.8) is 0 Å². The first-order valence-electron chi connectivity index (χ1n) is 9.15. The molecule has 0 radical (unpaired) electrons. The van der Waals surface area contributed by atoms with E-state index in [1.165, 1.54) is 0 Å². The Kier molecular flexibility index (Phi) is 11.9. The fraction of sp³-hybridized carbons (Fsp3) is 0.684. The molecule has 1 amide bonds. The van der Waals surface area contributed by atoms with Crippen LogP contribution >= 0.6 is 0 Å². The van der Waals surface area contributed by atoms with E-state index >= 15 is 0 Å². The molecule has 24 heavy (non-hydrogen) atoms.